The number of aromatic nitrogens is 4. The first-order chi connectivity index (χ1) is 11.7. The van der Waals surface area contributed by atoms with Crippen LogP contribution in [0.3, 0.4) is 0 Å². The molecule has 24 heavy (non-hydrogen) atoms. The van der Waals surface area contributed by atoms with Crippen molar-refractivity contribution in [3.8, 4) is 11.4 Å². The van der Waals surface area contributed by atoms with Crippen molar-refractivity contribution in [3.63, 3.8) is 0 Å². The van der Waals surface area contributed by atoms with Crippen LogP contribution in [0.1, 0.15) is 12.7 Å². The van der Waals surface area contributed by atoms with E-state index in [0.29, 0.717) is 5.82 Å². The van der Waals surface area contributed by atoms with E-state index in [9.17, 15) is 10.1 Å². The molecule has 0 saturated carbocycles. The predicted octanol–water partition coefficient (Wildman–Crippen LogP) is 3.42. The van der Waals surface area contributed by atoms with Gasteiger partial charge in [0.15, 0.2) is 11.5 Å². The number of hydrogen-bond donors (Lipinski definition) is 0. The molecule has 7 heteroatoms. The highest BCUT2D eigenvalue weighted by Crippen LogP contribution is 2.26. The third-order valence-electron chi connectivity index (χ3n) is 3.97. The van der Waals surface area contributed by atoms with Gasteiger partial charge in [0.25, 0.3) is 5.69 Å². The van der Waals surface area contributed by atoms with Crippen LogP contribution in [0.2, 0.25) is 0 Å². The molecule has 0 bridgehead atoms. The highest BCUT2D eigenvalue weighted by atomic mass is 16.6. The molecule has 2 aromatic heterocycles. The summed E-state index contributed by atoms with van der Waals surface area (Å²) in [7, 11) is 0. The van der Waals surface area contributed by atoms with Crippen molar-refractivity contribution in [1.29, 1.82) is 0 Å². The van der Waals surface area contributed by atoms with E-state index >= 15 is 0 Å². The number of nitro groups is 1. The molecule has 0 saturated heterocycles. The van der Waals surface area contributed by atoms with Crippen molar-refractivity contribution in [2.75, 3.05) is 0 Å². The first kappa shape index (κ1) is 14.3. The molecule has 0 fully saturated rings. The third-order valence-corrected chi connectivity index (χ3v) is 3.97. The Morgan fingerprint density at radius 1 is 1.08 bits per heavy atom. The Morgan fingerprint density at radius 3 is 2.54 bits per heavy atom. The van der Waals surface area contributed by atoms with Crippen LogP contribution in [-0.2, 0) is 6.42 Å². The summed E-state index contributed by atoms with van der Waals surface area (Å²) in [6.07, 6.45) is 0.722. The number of para-hydroxylation sites is 1. The summed E-state index contributed by atoms with van der Waals surface area (Å²) < 4.78 is 1.92. The van der Waals surface area contributed by atoms with Crippen LogP contribution in [0.25, 0.3) is 27.9 Å². The molecule has 2 aromatic carbocycles. The number of aryl methyl sites for hydroxylation is 1. The molecule has 0 N–H and O–H groups in total. The molecule has 0 aliphatic heterocycles. The molecule has 0 amide bonds. The third kappa shape index (κ3) is 2.10. The fourth-order valence-corrected chi connectivity index (χ4v) is 2.81. The van der Waals surface area contributed by atoms with Crippen molar-refractivity contribution in [2.45, 2.75) is 13.3 Å². The number of nitrogens with zero attached hydrogens (tertiary/aromatic N) is 5. The lowest BCUT2D eigenvalue weighted by molar-refractivity contribution is -0.384. The molecule has 0 radical (unpaired) electrons. The molecule has 0 aliphatic carbocycles. The molecule has 4 rings (SSSR count). The molecule has 0 unspecified atom stereocenters. The lowest BCUT2D eigenvalue weighted by atomic mass is 10.2. The molecular weight excluding hydrogens is 306 g/mol. The summed E-state index contributed by atoms with van der Waals surface area (Å²) in [4.78, 5) is 15.1. The minimum absolute atomic E-state index is 0.0480. The topological polar surface area (TPSA) is 86.2 Å². The number of nitro benzene ring substituents is 1. The Hall–Kier alpha value is -3.35. The lowest BCUT2D eigenvalue weighted by Crippen LogP contribution is -2.02. The van der Waals surface area contributed by atoms with E-state index in [1.54, 1.807) is 12.1 Å². The zero-order valence-corrected chi connectivity index (χ0v) is 12.9. The van der Waals surface area contributed by atoms with Crippen molar-refractivity contribution in [2.24, 2.45) is 0 Å². The summed E-state index contributed by atoms with van der Waals surface area (Å²) in [5.74, 6) is 1.48. The molecular formula is C17H13N5O2. The normalized spacial score (nSPS) is 11.2. The number of benzene rings is 2. The standard InChI is InChI=1S/C17H13N5O2/c1-2-15-18-14-6-4-3-5-13(14)17-20-19-16(21(15)17)11-7-9-12(10-8-11)22(23)24/h3-10H,2H2,1H3. The van der Waals surface area contributed by atoms with Crippen molar-refractivity contribution in [3.05, 3.63) is 64.5 Å². The van der Waals surface area contributed by atoms with Crippen molar-refractivity contribution in [1.82, 2.24) is 19.6 Å². The predicted molar refractivity (Wildman–Crippen MR) is 89.8 cm³/mol. The van der Waals surface area contributed by atoms with Gasteiger partial charge < -0.3 is 0 Å². The summed E-state index contributed by atoms with van der Waals surface area (Å²) in [6.45, 7) is 2.02. The molecule has 0 spiro atoms. The maximum Gasteiger partial charge on any atom is 0.269 e. The zero-order chi connectivity index (χ0) is 16.7. The molecule has 2 heterocycles. The number of fused-ring (bicyclic) bond motifs is 3. The minimum atomic E-state index is -0.418. The van der Waals surface area contributed by atoms with Gasteiger partial charge >= 0.3 is 0 Å². The maximum atomic E-state index is 10.8. The zero-order valence-electron chi connectivity index (χ0n) is 12.9. The van der Waals surface area contributed by atoms with Crippen LogP contribution < -0.4 is 0 Å². The number of rotatable bonds is 3. The van der Waals surface area contributed by atoms with Gasteiger partial charge in [-0.25, -0.2) is 4.98 Å². The summed E-state index contributed by atoms with van der Waals surface area (Å²) in [5.41, 5.74) is 2.43. The first-order valence-corrected chi connectivity index (χ1v) is 7.56. The summed E-state index contributed by atoms with van der Waals surface area (Å²) in [5, 5.41) is 20.4. The minimum Gasteiger partial charge on any atom is -0.262 e. The van der Waals surface area contributed by atoms with E-state index in [1.807, 2.05) is 35.6 Å². The van der Waals surface area contributed by atoms with Crippen molar-refractivity contribution >= 4 is 22.2 Å². The van der Waals surface area contributed by atoms with Gasteiger partial charge in [0.1, 0.15) is 5.82 Å². The maximum absolute atomic E-state index is 10.8. The first-order valence-electron chi connectivity index (χ1n) is 7.56. The second-order valence-electron chi connectivity index (χ2n) is 5.39. The average molecular weight is 319 g/mol. The Bertz CT molecular complexity index is 1070. The Labute approximate surface area is 136 Å². The summed E-state index contributed by atoms with van der Waals surface area (Å²) in [6, 6.07) is 14.1. The molecule has 4 aromatic rings. The molecule has 0 aliphatic rings. The Balaban J connectivity index is 1.99. The Kier molecular flexibility index (Phi) is 3.19. The fraction of sp³-hybridized carbons (Fsp3) is 0.118. The van der Waals surface area contributed by atoms with E-state index in [0.717, 1.165) is 34.4 Å². The van der Waals surface area contributed by atoms with Crippen LogP contribution in [0.4, 0.5) is 5.69 Å². The van der Waals surface area contributed by atoms with Gasteiger partial charge in [0.05, 0.1) is 10.4 Å². The average Bonchev–Trinajstić information content (AvgIpc) is 3.06. The van der Waals surface area contributed by atoms with E-state index in [4.69, 9.17) is 4.98 Å². The largest absolute Gasteiger partial charge is 0.269 e. The quantitative estimate of drug-likeness (QED) is 0.426. The van der Waals surface area contributed by atoms with Gasteiger partial charge in [-0.2, -0.15) is 0 Å². The second-order valence-corrected chi connectivity index (χ2v) is 5.39. The second kappa shape index (κ2) is 5.38. The van der Waals surface area contributed by atoms with Crippen molar-refractivity contribution < 1.29 is 4.92 Å². The van der Waals surface area contributed by atoms with E-state index in [-0.39, 0.29) is 5.69 Å². The highest BCUT2D eigenvalue weighted by molar-refractivity contribution is 5.92. The van der Waals surface area contributed by atoms with Crippen LogP contribution in [0.15, 0.2) is 48.5 Å². The molecule has 7 nitrogen and oxygen atoms in total. The SMILES string of the molecule is CCc1nc2ccccc2c2nnc(-c3ccc([N+](=O)[O-])cc3)n12. The Morgan fingerprint density at radius 2 is 1.83 bits per heavy atom. The van der Waals surface area contributed by atoms with Gasteiger partial charge in [-0.15, -0.1) is 10.2 Å². The van der Waals surface area contributed by atoms with Crippen LogP contribution in [0.5, 0.6) is 0 Å². The van der Waals surface area contributed by atoms with Crippen LogP contribution >= 0.6 is 0 Å². The van der Waals surface area contributed by atoms with Crippen LogP contribution in [-0.4, -0.2) is 24.5 Å². The lowest BCUT2D eigenvalue weighted by Gasteiger charge is -2.07. The fourth-order valence-electron chi connectivity index (χ4n) is 2.81. The molecule has 0 atom stereocenters. The van der Waals surface area contributed by atoms with Gasteiger partial charge in [0, 0.05) is 29.5 Å². The van der Waals surface area contributed by atoms with Gasteiger partial charge in [-0.1, -0.05) is 19.1 Å². The van der Waals surface area contributed by atoms with Gasteiger partial charge in [-0.05, 0) is 24.3 Å². The molecule has 118 valence electrons. The number of hydrogen-bond acceptors (Lipinski definition) is 5. The van der Waals surface area contributed by atoms with E-state index in [2.05, 4.69) is 10.2 Å². The van der Waals surface area contributed by atoms with Gasteiger partial charge in [-0.3, -0.25) is 14.5 Å². The monoisotopic (exact) mass is 319 g/mol. The van der Waals surface area contributed by atoms with E-state index in [1.165, 1.54) is 12.1 Å². The van der Waals surface area contributed by atoms with E-state index < -0.39 is 4.92 Å². The highest BCUT2D eigenvalue weighted by Gasteiger charge is 2.16. The summed E-state index contributed by atoms with van der Waals surface area (Å²) >= 11 is 0. The van der Waals surface area contributed by atoms with Crippen LogP contribution in [0, 0.1) is 10.1 Å². The number of non-ortho nitro benzene ring substituents is 1. The smallest absolute Gasteiger partial charge is 0.262 e. The van der Waals surface area contributed by atoms with Gasteiger partial charge in [0.2, 0.25) is 0 Å².